The molecule has 1 heterocycles. The first kappa shape index (κ1) is 18.5. The van der Waals surface area contributed by atoms with Crippen LogP contribution >= 0.6 is 23.2 Å². The van der Waals surface area contributed by atoms with Gasteiger partial charge >= 0.3 is 0 Å². The van der Waals surface area contributed by atoms with Crippen LogP contribution in [0, 0.1) is 0 Å². The van der Waals surface area contributed by atoms with Gasteiger partial charge in [-0.2, -0.15) is 0 Å². The van der Waals surface area contributed by atoms with E-state index < -0.39 is 0 Å². The second-order valence-electron chi connectivity index (χ2n) is 5.62. The zero-order chi connectivity index (χ0) is 17.5. The maximum absolute atomic E-state index is 12.2. The molecule has 0 aliphatic carbocycles. The molecule has 1 aromatic heterocycles. The number of halogens is 2. The van der Waals surface area contributed by atoms with E-state index in [1.54, 1.807) is 30.5 Å². The summed E-state index contributed by atoms with van der Waals surface area (Å²) >= 11 is 12.0. The normalized spacial score (nSPS) is 10.7. The largest absolute Gasteiger partial charge is 0.353 e. The molecule has 1 amide bonds. The summed E-state index contributed by atoms with van der Waals surface area (Å²) in [5, 5.41) is 7.09. The molecule has 0 spiro atoms. The summed E-state index contributed by atoms with van der Waals surface area (Å²) in [7, 11) is 4.01. The second kappa shape index (κ2) is 8.87. The Morgan fingerprint density at radius 2 is 2.00 bits per heavy atom. The fourth-order valence-electron chi connectivity index (χ4n) is 2.08. The van der Waals surface area contributed by atoms with Crippen LogP contribution in [0.1, 0.15) is 16.8 Å². The molecule has 0 saturated heterocycles. The Labute approximate surface area is 152 Å². The fourth-order valence-corrected chi connectivity index (χ4v) is 2.53. The highest BCUT2D eigenvalue weighted by atomic mass is 35.5. The predicted octanol–water partition coefficient (Wildman–Crippen LogP) is 3.81. The molecule has 0 saturated carbocycles. The third kappa shape index (κ3) is 5.67. The maximum atomic E-state index is 12.2. The van der Waals surface area contributed by atoms with Crippen LogP contribution in [0.2, 0.25) is 10.0 Å². The van der Waals surface area contributed by atoms with Gasteiger partial charge in [0.05, 0.1) is 28.2 Å². The average Bonchev–Trinajstić information content (AvgIpc) is 2.54. The molecule has 2 N–H and O–H groups in total. The van der Waals surface area contributed by atoms with E-state index in [1.807, 2.05) is 14.1 Å². The number of hydrogen-bond donors (Lipinski definition) is 2. The van der Waals surface area contributed by atoms with Crippen LogP contribution in [-0.2, 0) is 0 Å². The van der Waals surface area contributed by atoms with Crippen molar-refractivity contribution < 1.29 is 4.79 Å². The number of hydrogen-bond acceptors (Lipinski definition) is 4. The summed E-state index contributed by atoms with van der Waals surface area (Å²) in [6, 6.07) is 6.91. The van der Waals surface area contributed by atoms with Gasteiger partial charge in [0.25, 0.3) is 5.91 Å². The van der Waals surface area contributed by atoms with Gasteiger partial charge in [-0.1, -0.05) is 23.2 Å². The Morgan fingerprint density at radius 3 is 2.71 bits per heavy atom. The van der Waals surface area contributed by atoms with Crippen LogP contribution in [0.3, 0.4) is 0 Å². The van der Waals surface area contributed by atoms with Crippen LogP contribution in [0.25, 0.3) is 0 Å². The van der Waals surface area contributed by atoms with Crippen molar-refractivity contribution in [3.63, 3.8) is 0 Å². The van der Waals surface area contributed by atoms with Gasteiger partial charge in [0.2, 0.25) is 0 Å². The molecular weight excluding hydrogens is 347 g/mol. The number of nitrogens with one attached hydrogen (secondary N) is 2. The van der Waals surface area contributed by atoms with Gasteiger partial charge in [-0.15, -0.1) is 0 Å². The van der Waals surface area contributed by atoms with E-state index in [0.717, 1.165) is 13.0 Å². The minimum absolute atomic E-state index is 0.146. The fraction of sp³-hybridized carbons (Fsp3) is 0.294. The first-order valence-electron chi connectivity index (χ1n) is 7.56. The molecule has 1 aromatic carbocycles. The van der Waals surface area contributed by atoms with Gasteiger partial charge in [-0.3, -0.25) is 9.78 Å². The second-order valence-corrected chi connectivity index (χ2v) is 6.47. The van der Waals surface area contributed by atoms with Crippen molar-refractivity contribution in [3.05, 3.63) is 52.3 Å². The average molecular weight is 367 g/mol. The standard InChI is InChI=1S/C17H20Cl2N4O/c1-23(2)7-3-6-21-17(24)12-8-14(11-20-10-12)22-16-5-4-13(18)9-15(16)19/h4-5,8-11,22H,3,6-7H2,1-2H3,(H,21,24). The lowest BCUT2D eigenvalue weighted by atomic mass is 10.2. The number of nitrogens with zero attached hydrogens (tertiary/aromatic N) is 2. The number of aromatic nitrogens is 1. The van der Waals surface area contributed by atoms with Crippen LogP contribution in [-0.4, -0.2) is 43.0 Å². The highest BCUT2D eigenvalue weighted by Gasteiger charge is 2.08. The third-order valence-corrected chi connectivity index (χ3v) is 3.83. The molecule has 24 heavy (non-hydrogen) atoms. The van der Waals surface area contributed by atoms with Crippen molar-refractivity contribution in [1.29, 1.82) is 0 Å². The van der Waals surface area contributed by atoms with Crippen molar-refractivity contribution in [3.8, 4) is 0 Å². The van der Waals surface area contributed by atoms with E-state index >= 15 is 0 Å². The Kier molecular flexibility index (Phi) is 6.85. The predicted molar refractivity (Wildman–Crippen MR) is 99.5 cm³/mol. The van der Waals surface area contributed by atoms with Crippen molar-refractivity contribution in [2.45, 2.75) is 6.42 Å². The quantitative estimate of drug-likeness (QED) is 0.731. The molecule has 2 aromatic rings. The number of rotatable bonds is 7. The Morgan fingerprint density at radius 1 is 1.21 bits per heavy atom. The lowest BCUT2D eigenvalue weighted by Gasteiger charge is -2.11. The molecule has 0 atom stereocenters. The summed E-state index contributed by atoms with van der Waals surface area (Å²) in [6.45, 7) is 1.55. The first-order valence-corrected chi connectivity index (χ1v) is 8.31. The van der Waals surface area contributed by atoms with Crippen LogP contribution in [0.5, 0.6) is 0 Å². The van der Waals surface area contributed by atoms with E-state index in [1.165, 1.54) is 6.20 Å². The van der Waals surface area contributed by atoms with E-state index in [-0.39, 0.29) is 5.91 Å². The minimum atomic E-state index is -0.146. The molecule has 0 fully saturated rings. The lowest BCUT2D eigenvalue weighted by Crippen LogP contribution is -2.27. The number of amides is 1. The van der Waals surface area contributed by atoms with Gasteiger partial charge in [0.1, 0.15) is 0 Å². The monoisotopic (exact) mass is 366 g/mol. The zero-order valence-electron chi connectivity index (χ0n) is 13.6. The Hall–Kier alpha value is -1.82. The summed E-state index contributed by atoms with van der Waals surface area (Å²) in [4.78, 5) is 18.4. The molecule has 0 aliphatic rings. The number of carbonyl (C=O) groups excluding carboxylic acids is 1. The molecule has 2 rings (SSSR count). The van der Waals surface area contributed by atoms with Crippen molar-refractivity contribution >= 4 is 40.5 Å². The molecule has 0 aliphatic heterocycles. The smallest absolute Gasteiger partial charge is 0.252 e. The van der Waals surface area contributed by atoms with Crippen LogP contribution < -0.4 is 10.6 Å². The molecular formula is C17H20Cl2N4O. The van der Waals surface area contributed by atoms with Gasteiger partial charge in [0.15, 0.2) is 0 Å². The summed E-state index contributed by atoms with van der Waals surface area (Å²) in [5.74, 6) is -0.146. The molecule has 0 bridgehead atoms. The Bertz CT molecular complexity index is 707. The van der Waals surface area contributed by atoms with Crippen LogP contribution in [0.4, 0.5) is 11.4 Å². The summed E-state index contributed by atoms with van der Waals surface area (Å²) in [6.07, 6.45) is 4.06. The van der Waals surface area contributed by atoms with Crippen LogP contribution in [0.15, 0.2) is 36.7 Å². The molecule has 0 radical (unpaired) electrons. The van der Waals surface area contributed by atoms with E-state index in [0.29, 0.717) is 33.5 Å². The van der Waals surface area contributed by atoms with E-state index in [2.05, 4.69) is 20.5 Å². The zero-order valence-corrected chi connectivity index (χ0v) is 15.2. The van der Waals surface area contributed by atoms with Crippen molar-refractivity contribution in [2.24, 2.45) is 0 Å². The lowest BCUT2D eigenvalue weighted by molar-refractivity contribution is 0.0952. The van der Waals surface area contributed by atoms with E-state index in [4.69, 9.17) is 23.2 Å². The highest BCUT2D eigenvalue weighted by molar-refractivity contribution is 6.36. The highest BCUT2D eigenvalue weighted by Crippen LogP contribution is 2.28. The van der Waals surface area contributed by atoms with Crippen molar-refractivity contribution in [2.75, 3.05) is 32.5 Å². The Balaban J connectivity index is 1.99. The molecule has 128 valence electrons. The number of benzene rings is 1. The van der Waals surface area contributed by atoms with Crippen molar-refractivity contribution in [1.82, 2.24) is 15.2 Å². The number of pyridine rings is 1. The SMILES string of the molecule is CN(C)CCCNC(=O)c1cncc(Nc2ccc(Cl)cc2Cl)c1. The van der Waals surface area contributed by atoms with E-state index in [9.17, 15) is 4.79 Å². The maximum Gasteiger partial charge on any atom is 0.252 e. The van der Waals surface area contributed by atoms with Gasteiger partial charge in [-0.25, -0.2) is 0 Å². The topological polar surface area (TPSA) is 57.3 Å². The minimum Gasteiger partial charge on any atom is -0.353 e. The third-order valence-electron chi connectivity index (χ3n) is 3.28. The van der Waals surface area contributed by atoms with Gasteiger partial charge < -0.3 is 15.5 Å². The molecule has 0 unspecified atom stereocenters. The van der Waals surface area contributed by atoms with Gasteiger partial charge in [-0.05, 0) is 51.3 Å². The summed E-state index contributed by atoms with van der Waals surface area (Å²) in [5.41, 5.74) is 1.88. The number of carbonyl (C=O) groups is 1. The molecule has 5 nitrogen and oxygen atoms in total. The van der Waals surface area contributed by atoms with Gasteiger partial charge in [0, 0.05) is 17.8 Å². The summed E-state index contributed by atoms with van der Waals surface area (Å²) < 4.78 is 0. The number of anilines is 2. The molecule has 7 heteroatoms. The first-order chi connectivity index (χ1) is 11.5.